The van der Waals surface area contributed by atoms with E-state index in [2.05, 4.69) is 15.4 Å². The van der Waals surface area contributed by atoms with Gasteiger partial charge in [0.15, 0.2) is 5.13 Å². The Morgan fingerprint density at radius 1 is 1.21 bits per heavy atom. The number of nitrogens with zero attached hydrogens (tertiary/aromatic N) is 3. The monoisotopic (exact) mass is 338 g/mol. The molecule has 0 fully saturated rings. The van der Waals surface area contributed by atoms with E-state index >= 15 is 0 Å². The van der Waals surface area contributed by atoms with Crippen molar-refractivity contribution < 1.29 is 4.79 Å². The number of hydrogen-bond acceptors (Lipinski definition) is 4. The van der Waals surface area contributed by atoms with E-state index in [0.717, 1.165) is 29.9 Å². The van der Waals surface area contributed by atoms with Gasteiger partial charge in [0.25, 0.3) is 5.91 Å². The van der Waals surface area contributed by atoms with Gasteiger partial charge >= 0.3 is 0 Å². The van der Waals surface area contributed by atoms with Gasteiger partial charge in [-0.15, -0.1) is 11.3 Å². The number of para-hydroxylation sites is 1. The number of carbonyl (C=O) groups excluding carboxylic acids is 1. The van der Waals surface area contributed by atoms with Crippen molar-refractivity contribution in [3.05, 3.63) is 58.4 Å². The molecule has 0 unspecified atom stereocenters. The van der Waals surface area contributed by atoms with E-state index in [4.69, 9.17) is 0 Å². The fraction of sp³-hybridized carbons (Fsp3) is 0.278. The average Bonchev–Trinajstić information content (AvgIpc) is 3.18. The van der Waals surface area contributed by atoms with Gasteiger partial charge in [0.2, 0.25) is 0 Å². The van der Waals surface area contributed by atoms with Crippen LogP contribution in [0, 0.1) is 6.92 Å². The molecular formula is C18H18N4OS. The molecule has 2 heterocycles. The van der Waals surface area contributed by atoms with Crippen LogP contribution in [0.1, 0.15) is 39.5 Å². The van der Waals surface area contributed by atoms with Crippen molar-refractivity contribution in [1.82, 2.24) is 14.8 Å². The van der Waals surface area contributed by atoms with Gasteiger partial charge in [0, 0.05) is 4.88 Å². The first-order chi connectivity index (χ1) is 11.7. The molecule has 0 spiro atoms. The number of aromatic nitrogens is 3. The summed E-state index contributed by atoms with van der Waals surface area (Å²) < 4.78 is 1.78. The Labute approximate surface area is 144 Å². The third-order valence-corrected chi connectivity index (χ3v) is 5.39. The molecule has 1 aliphatic rings. The molecule has 0 bridgehead atoms. The lowest BCUT2D eigenvalue weighted by Gasteiger charge is -2.06. The Hall–Kier alpha value is -2.47. The van der Waals surface area contributed by atoms with Crippen LogP contribution in [0.3, 0.4) is 0 Å². The van der Waals surface area contributed by atoms with Crippen LogP contribution < -0.4 is 5.32 Å². The molecule has 2 aromatic heterocycles. The van der Waals surface area contributed by atoms with E-state index in [0.29, 0.717) is 10.7 Å². The summed E-state index contributed by atoms with van der Waals surface area (Å²) in [6, 6.07) is 9.81. The molecule has 1 aliphatic carbocycles. The van der Waals surface area contributed by atoms with E-state index in [1.807, 2.05) is 37.3 Å². The fourth-order valence-electron chi connectivity index (χ4n) is 3.03. The first kappa shape index (κ1) is 15.1. The highest BCUT2D eigenvalue weighted by molar-refractivity contribution is 7.15. The number of hydrogen-bond donors (Lipinski definition) is 1. The van der Waals surface area contributed by atoms with Gasteiger partial charge < -0.3 is 0 Å². The summed E-state index contributed by atoms with van der Waals surface area (Å²) in [7, 11) is 0. The molecule has 24 heavy (non-hydrogen) atoms. The van der Waals surface area contributed by atoms with Crippen molar-refractivity contribution in [3.8, 4) is 5.69 Å². The third kappa shape index (κ3) is 2.73. The molecular weight excluding hydrogens is 320 g/mol. The maximum atomic E-state index is 12.6. The Morgan fingerprint density at radius 3 is 2.79 bits per heavy atom. The van der Waals surface area contributed by atoms with E-state index in [1.165, 1.54) is 17.7 Å². The van der Waals surface area contributed by atoms with Crippen LogP contribution in [0.4, 0.5) is 5.13 Å². The number of aryl methyl sites for hydroxylation is 2. The molecule has 5 nitrogen and oxygen atoms in total. The summed E-state index contributed by atoms with van der Waals surface area (Å²) in [5.74, 6) is -0.152. The molecule has 0 atom stereocenters. The number of anilines is 1. The zero-order valence-corrected chi connectivity index (χ0v) is 14.3. The highest BCUT2D eigenvalue weighted by Crippen LogP contribution is 2.30. The van der Waals surface area contributed by atoms with Crippen LogP contribution in [-0.4, -0.2) is 20.7 Å². The smallest absolute Gasteiger partial charge is 0.260 e. The van der Waals surface area contributed by atoms with Gasteiger partial charge in [-0.25, -0.2) is 9.67 Å². The molecule has 4 rings (SSSR count). The molecule has 1 amide bonds. The zero-order valence-electron chi connectivity index (χ0n) is 13.5. The molecule has 1 N–H and O–H groups in total. The van der Waals surface area contributed by atoms with Gasteiger partial charge in [0.1, 0.15) is 0 Å². The third-order valence-electron chi connectivity index (χ3n) is 4.32. The minimum atomic E-state index is -0.152. The van der Waals surface area contributed by atoms with Crippen molar-refractivity contribution >= 4 is 22.4 Å². The Kier molecular flexibility index (Phi) is 3.90. The molecule has 0 aliphatic heterocycles. The lowest BCUT2D eigenvalue weighted by Crippen LogP contribution is -2.13. The van der Waals surface area contributed by atoms with Crippen molar-refractivity contribution in [2.45, 2.75) is 32.6 Å². The number of nitrogens with one attached hydrogen (secondary N) is 1. The average molecular weight is 338 g/mol. The second-order valence-electron chi connectivity index (χ2n) is 5.94. The van der Waals surface area contributed by atoms with Gasteiger partial charge in [-0.2, -0.15) is 5.10 Å². The maximum absolute atomic E-state index is 12.6. The maximum Gasteiger partial charge on any atom is 0.260 e. The van der Waals surface area contributed by atoms with Crippen molar-refractivity contribution in [3.63, 3.8) is 0 Å². The highest BCUT2D eigenvalue weighted by Gasteiger charge is 2.19. The number of carbonyl (C=O) groups is 1. The number of fused-ring (bicyclic) bond motifs is 1. The van der Waals surface area contributed by atoms with Gasteiger partial charge in [0.05, 0.1) is 28.8 Å². The van der Waals surface area contributed by atoms with Crippen LogP contribution in [0.5, 0.6) is 0 Å². The van der Waals surface area contributed by atoms with E-state index < -0.39 is 0 Å². The second-order valence-corrected chi connectivity index (χ2v) is 7.02. The molecule has 3 aromatic rings. The standard InChI is InChI=1S/C18H18N4OS/c1-12-14(11-19-22(12)13-7-3-2-4-8-13)17(23)21-18-20-15-9-5-6-10-16(15)24-18/h2-4,7-8,11H,5-6,9-10H2,1H3,(H,20,21,23). The SMILES string of the molecule is Cc1c(C(=O)Nc2nc3c(s2)CCCC3)cnn1-c1ccccc1. The van der Waals surface area contributed by atoms with Crippen molar-refractivity contribution in [2.75, 3.05) is 5.32 Å². The van der Waals surface area contributed by atoms with Crippen LogP contribution in [0.25, 0.3) is 5.69 Å². The minimum Gasteiger partial charge on any atom is -0.298 e. The van der Waals surface area contributed by atoms with Crippen LogP contribution in [0.2, 0.25) is 0 Å². The van der Waals surface area contributed by atoms with Gasteiger partial charge in [-0.3, -0.25) is 10.1 Å². The van der Waals surface area contributed by atoms with Gasteiger partial charge in [-0.1, -0.05) is 18.2 Å². The summed E-state index contributed by atoms with van der Waals surface area (Å²) in [6.07, 6.45) is 6.12. The Bertz CT molecular complexity index is 858. The summed E-state index contributed by atoms with van der Waals surface area (Å²) >= 11 is 1.60. The Balaban J connectivity index is 1.57. The van der Waals surface area contributed by atoms with Crippen LogP contribution in [-0.2, 0) is 12.8 Å². The topological polar surface area (TPSA) is 59.8 Å². The summed E-state index contributed by atoms with van der Waals surface area (Å²) in [4.78, 5) is 18.5. The quantitative estimate of drug-likeness (QED) is 0.791. The molecule has 0 saturated heterocycles. The largest absolute Gasteiger partial charge is 0.298 e. The lowest BCUT2D eigenvalue weighted by atomic mass is 10.0. The van der Waals surface area contributed by atoms with E-state index in [-0.39, 0.29) is 5.91 Å². The normalized spacial score (nSPS) is 13.5. The van der Waals surface area contributed by atoms with Crippen molar-refractivity contribution in [1.29, 1.82) is 0 Å². The number of benzene rings is 1. The van der Waals surface area contributed by atoms with Crippen molar-refractivity contribution in [2.24, 2.45) is 0 Å². The summed E-state index contributed by atoms with van der Waals surface area (Å²) in [5, 5.41) is 7.98. The molecule has 1 aromatic carbocycles. The van der Waals surface area contributed by atoms with Crippen LogP contribution in [0.15, 0.2) is 36.5 Å². The first-order valence-corrected chi connectivity index (χ1v) is 8.94. The molecule has 6 heteroatoms. The Morgan fingerprint density at radius 2 is 2.00 bits per heavy atom. The number of rotatable bonds is 3. The highest BCUT2D eigenvalue weighted by atomic mass is 32.1. The molecule has 122 valence electrons. The predicted molar refractivity (Wildman–Crippen MR) is 95.0 cm³/mol. The minimum absolute atomic E-state index is 0.152. The molecule has 0 radical (unpaired) electrons. The lowest BCUT2D eigenvalue weighted by molar-refractivity contribution is 0.102. The first-order valence-electron chi connectivity index (χ1n) is 8.12. The van der Waals surface area contributed by atoms with E-state index in [9.17, 15) is 4.79 Å². The van der Waals surface area contributed by atoms with Crippen LogP contribution >= 0.6 is 11.3 Å². The fourth-order valence-corrected chi connectivity index (χ4v) is 4.08. The summed E-state index contributed by atoms with van der Waals surface area (Å²) in [6.45, 7) is 1.90. The summed E-state index contributed by atoms with van der Waals surface area (Å²) in [5.41, 5.74) is 3.49. The molecule has 0 saturated carbocycles. The predicted octanol–water partition coefficient (Wildman–Crippen LogP) is 3.77. The van der Waals surface area contributed by atoms with E-state index in [1.54, 1.807) is 22.2 Å². The second kappa shape index (κ2) is 6.20. The number of amides is 1. The van der Waals surface area contributed by atoms with Gasteiger partial charge in [-0.05, 0) is 44.7 Å². The number of thiazole rings is 1. The zero-order chi connectivity index (χ0) is 16.5.